The van der Waals surface area contributed by atoms with E-state index in [1.807, 2.05) is 0 Å². The van der Waals surface area contributed by atoms with Crippen molar-refractivity contribution in [2.24, 2.45) is 47.3 Å². The van der Waals surface area contributed by atoms with Gasteiger partial charge in [-0.25, -0.2) is 0 Å². The van der Waals surface area contributed by atoms with Gasteiger partial charge in [0.25, 0.3) is 30.0 Å². The highest BCUT2D eigenvalue weighted by atomic mass is 28.5. The van der Waals surface area contributed by atoms with Crippen molar-refractivity contribution < 1.29 is 28.8 Å². The molecule has 0 N–H and O–H groups in total. The van der Waals surface area contributed by atoms with E-state index < -0.39 is 64.7 Å². The zero-order valence-electron chi connectivity index (χ0n) is 57.0. The maximum absolute atomic E-state index is 8.94. The Morgan fingerprint density at radius 2 is 0.582 bits per heavy atom. The predicted octanol–water partition coefficient (Wildman–Crippen LogP) is 19.2. The Morgan fingerprint density at radius 1 is 0.304 bits per heavy atom. The summed E-state index contributed by atoms with van der Waals surface area (Å²) >= 11 is 0. The van der Waals surface area contributed by atoms with Crippen LogP contribution in [0.5, 0.6) is 0 Å². The highest BCUT2D eigenvalue weighted by Crippen LogP contribution is 2.42. The molecule has 0 radical (unpaired) electrons. The first kappa shape index (κ1) is 80.5. The molecule has 476 valence electrons. The van der Waals surface area contributed by atoms with Crippen LogP contribution in [0.3, 0.4) is 0 Å². The number of unbranched alkanes of at least 4 members (excludes halogenated alkanes) is 16. The molecule has 0 heterocycles. The van der Waals surface area contributed by atoms with E-state index in [1.54, 1.807) is 0 Å². The summed E-state index contributed by atoms with van der Waals surface area (Å²) in [5.74, 6) is 6.03. The van der Waals surface area contributed by atoms with Crippen molar-refractivity contribution in [3.63, 3.8) is 0 Å². The zero-order chi connectivity index (χ0) is 59.1. The molecule has 0 spiro atoms. The van der Waals surface area contributed by atoms with E-state index >= 15 is 0 Å². The van der Waals surface area contributed by atoms with Gasteiger partial charge < -0.3 is 28.8 Å². The summed E-state index contributed by atoms with van der Waals surface area (Å²) in [6.45, 7) is 38.6. The molecular weight excluding hydrogens is 1110 g/mol. The van der Waals surface area contributed by atoms with Gasteiger partial charge in [-0.1, -0.05) is 316 Å². The second-order valence-corrected chi connectivity index (χ2v) is 50.1. The van der Waals surface area contributed by atoms with Gasteiger partial charge in [-0.05, 0) is 95.7 Å². The molecule has 7 nitrogen and oxygen atoms in total. The van der Waals surface area contributed by atoms with E-state index in [2.05, 4.69) is 111 Å². The van der Waals surface area contributed by atoms with Gasteiger partial charge in [0.2, 0.25) is 0 Å². The van der Waals surface area contributed by atoms with Crippen LogP contribution in [0.15, 0.2) is 0 Å². The normalized spacial score (nSPS) is 14.0. The van der Waals surface area contributed by atoms with Crippen LogP contribution in [-0.2, 0) is 28.8 Å². The van der Waals surface area contributed by atoms with Crippen LogP contribution >= 0.6 is 0 Å². The zero-order valence-corrected chi connectivity index (χ0v) is 67.4. The summed E-state index contributed by atoms with van der Waals surface area (Å²) in [5, 5.41) is 0. The molecular formula is C64H146O7Si8. The SMILES string of the molecule is CC(C)CCCCC[SiH](O[SiH2]O[SiH2]O[SiH2]O[SiH3])O[Si](CCCCCC(C)C)(CCCCCC(C)C)O[Si](CCCCCC(C)C)(CCCCCC(C)C)O[Si](CCCCCC(C)C)(CCCCCC(C)C)CCCCCC(C)C. The van der Waals surface area contributed by atoms with Crippen LogP contribution in [0.2, 0.25) is 48.4 Å². The first-order valence-corrected chi connectivity index (χ1v) is 48.0. The van der Waals surface area contributed by atoms with Crippen LogP contribution in [-0.4, -0.2) is 75.2 Å². The summed E-state index contributed by atoms with van der Waals surface area (Å²) in [6.07, 6.45) is 41.7. The van der Waals surface area contributed by atoms with E-state index in [9.17, 15) is 0 Å². The van der Waals surface area contributed by atoms with Gasteiger partial charge in [0.05, 0.1) is 0 Å². The molecule has 0 saturated carbocycles. The maximum Gasteiger partial charge on any atom is 0.320 e. The van der Waals surface area contributed by atoms with Crippen molar-refractivity contribution in [3.8, 4) is 0 Å². The third-order valence-electron chi connectivity index (χ3n) is 16.6. The number of hydrogen-bond acceptors (Lipinski definition) is 7. The van der Waals surface area contributed by atoms with Gasteiger partial charge >= 0.3 is 26.4 Å². The lowest BCUT2D eigenvalue weighted by Gasteiger charge is -2.48. The average molecular weight is 1250 g/mol. The van der Waals surface area contributed by atoms with E-state index in [0.29, 0.717) is 0 Å². The highest BCUT2D eigenvalue weighted by Gasteiger charge is 2.53. The van der Waals surface area contributed by atoms with Gasteiger partial charge in [0, 0.05) is 0 Å². The van der Waals surface area contributed by atoms with Crippen LogP contribution in [0.4, 0.5) is 0 Å². The molecule has 0 saturated heterocycles. The molecule has 1 atom stereocenters. The molecule has 0 aromatic heterocycles. The number of rotatable bonds is 61. The lowest BCUT2D eigenvalue weighted by Crippen LogP contribution is -2.61. The minimum Gasteiger partial charge on any atom is -0.449 e. The fourth-order valence-electron chi connectivity index (χ4n) is 11.8. The Balaban J connectivity index is 8.45. The quantitative estimate of drug-likeness (QED) is 0.0444. The fourth-order valence-corrected chi connectivity index (χ4v) is 41.2. The van der Waals surface area contributed by atoms with Gasteiger partial charge in [-0.3, -0.25) is 0 Å². The van der Waals surface area contributed by atoms with Gasteiger partial charge in [-0.2, -0.15) is 0 Å². The third-order valence-corrected chi connectivity index (χ3v) is 40.4. The standard InChI is InChI=1S/C64H146O7Si8/c1-57(2)41-25-17-33-49-76(68-75-67-74-66-73-65-72)69-78(53-37-21-29-45-61(9)10,54-38-22-30-46-62(11)12)71-79(55-39-23-31-47-63(13)14,56-40-24-32-48-64(15)16)70-77(50-34-18-26-42-58(3)4,51-35-19-27-43-59(5)6)52-36-20-28-44-60(7)8/h57-64,76H,17-56,73-75H2,1-16,72H3. The van der Waals surface area contributed by atoms with Gasteiger partial charge in [-0.15, -0.1) is 0 Å². The third kappa shape index (κ3) is 50.2. The molecule has 0 rings (SSSR count). The Labute approximate surface area is 512 Å². The highest BCUT2D eigenvalue weighted by molar-refractivity contribution is 6.90. The van der Waals surface area contributed by atoms with Gasteiger partial charge in [0.15, 0.2) is 8.32 Å². The first-order valence-electron chi connectivity index (χ1n) is 35.0. The molecule has 0 fully saturated rings. The molecule has 0 aliphatic heterocycles. The first-order chi connectivity index (χ1) is 37.7. The Bertz CT molecular complexity index is 1220. The average Bonchev–Trinajstić information content (AvgIpc) is 3.36. The Kier molecular flexibility index (Phi) is 53.5. The predicted molar refractivity (Wildman–Crippen MR) is 372 cm³/mol. The maximum atomic E-state index is 8.94. The van der Waals surface area contributed by atoms with Crippen molar-refractivity contribution in [3.05, 3.63) is 0 Å². The van der Waals surface area contributed by atoms with Crippen molar-refractivity contribution >= 4 is 75.2 Å². The van der Waals surface area contributed by atoms with Crippen molar-refractivity contribution in [2.75, 3.05) is 0 Å². The van der Waals surface area contributed by atoms with E-state index in [4.69, 9.17) is 28.8 Å². The molecule has 15 heteroatoms. The summed E-state index contributed by atoms with van der Waals surface area (Å²) in [7, 11) is -12.8. The summed E-state index contributed by atoms with van der Waals surface area (Å²) in [5.41, 5.74) is 0. The second kappa shape index (κ2) is 52.6. The number of hydrogen-bond donors (Lipinski definition) is 0. The van der Waals surface area contributed by atoms with Crippen LogP contribution in [0.25, 0.3) is 0 Å². The lowest BCUT2D eigenvalue weighted by molar-refractivity contribution is 0.272. The molecule has 79 heavy (non-hydrogen) atoms. The molecule has 0 aromatic rings. The van der Waals surface area contributed by atoms with Gasteiger partial charge in [0.1, 0.15) is 10.5 Å². The van der Waals surface area contributed by atoms with Crippen molar-refractivity contribution in [1.82, 2.24) is 0 Å². The summed E-state index contributed by atoms with van der Waals surface area (Å²) < 4.78 is 51.2. The smallest absolute Gasteiger partial charge is 0.320 e. The van der Waals surface area contributed by atoms with Crippen LogP contribution in [0.1, 0.15) is 316 Å². The van der Waals surface area contributed by atoms with Crippen LogP contribution < -0.4 is 0 Å². The molecule has 0 amide bonds. The molecule has 0 aromatic carbocycles. The van der Waals surface area contributed by atoms with Crippen molar-refractivity contribution in [2.45, 2.75) is 365 Å². The Hall–Kier alpha value is 1.46. The monoisotopic (exact) mass is 1250 g/mol. The Morgan fingerprint density at radius 3 is 0.886 bits per heavy atom. The summed E-state index contributed by atoms with van der Waals surface area (Å²) in [6, 6.07) is 9.58. The lowest BCUT2D eigenvalue weighted by atomic mass is 10.1. The second-order valence-electron chi connectivity index (χ2n) is 29.0. The molecule has 0 bridgehead atoms. The molecule has 0 aliphatic rings. The van der Waals surface area contributed by atoms with E-state index in [0.717, 1.165) is 88.0 Å². The fraction of sp³-hybridized carbons (Fsp3) is 1.00. The minimum atomic E-state index is -2.92. The van der Waals surface area contributed by atoms with Crippen LogP contribution in [0, 0.1) is 47.3 Å². The topological polar surface area (TPSA) is 64.6 Å². The largest absolute Gasteiger partial charge is 0.449 e. The minimum absolute atomic E-state index is 0.738. The van der Waals surface area contributed by atoms with Crippen molar-refractivity contribution in [1.29, 1.82) is 0 Å². The molecule has 1 unspecified atom stereocenters. The molecule has 0 aliphatic carbocycles. The van der Waals surface area contributed by atoms with E-state index in [-0.39, 0.29) is 0 Å². The van der Waals surface area contributed by atoms with E-state index in [1.165, 1.54) is 224 Å². The summed E-state index contributed by atoms with van der Waals surface area (Å²) in [4.78, 5) is 0.